The third-order valence-corrected chi connectivity index (χ3v) is 11.8. The van der Waals surface area contributed by atoms with Crippen LogP contribution in [0.1, 0.15) is 66.3 Å². The number of aryl methyl sites for hydroxylation is 1. The van der Waals surface area contributed by atoms with Crippen molar-refractivity contribution in [1.29, 1.82) is 0 Å². The van der Waals surface area contributed by atoms with Crippen molar-refractivity contribution in [3.8, 4) is 5.75 Å². The van der Waals surface area contributed by atoms with Gasteiger partial charge < -0.3 is 23.8 Å². The third kappa shape index (κ3) is 8.19. The molecule has 2 saturated heterocycles. The second kappa shape index (κ2) is 16.0. The van der Waals surface area contributed by atoms with E-state index in [1.165, 1.54) is 60.8 Å². The van der Waals surface area contributed by atoms with Crippen LogP contribution >= 0.6 is 0 Å². The molecule has 0 aromatic heterocycles. The molecule has 2 saturated carbocycles. The van der Waals surface area contributed by atoms with Crippen LogP contribution < -0.4 is 9.64 Å². The van der Waals surface area contributed by atoms with Crippen molar-refractivity contribution in [2.24, 2.45) is 11.8 Å². The molecule has 276 valence electrons. The van der Waals surface area contributed by atoms with Gasteiger partial charge in [0.2, 0.25) is 0 Å². The van der Waals surface area contributed by atoms with Gasteiger partial charge in [-0.3, -0.25) is 0 Å². The molecule has 54 heavy (non-hydrogen) atoms. The first-order valence-electron chi connectivity index (χ1n) is 20.1. The van der Waals surface area contributed by atoms with Gasteiger partial charge in [0.15, 0.2) is 0 Å². The fourth-order valence-corrected chi connectivity index (χ4v) is 8.60. The Hall–Kier alpha value is -4.68. The Morgan fingerprint density at radius 2 is 1.20 bits per heavy atom. The van der Waals surface area contributed by atoms with E-state index in [0.29, 0.717) is 36.3 Å². The maximum absolute atomic E-state index is 6.26. The summed E-state index contributed by atoms with van der Waals surface area (Å²) in [5.41, 5.74) is 10.6. The van der Waals surface area contributed by atoms with Gasteiger partial charge in [-0.05, 0) is 121 Å². The number of nitrogens with zero attached hydrogens (tertiary/aromatic N) is 1. The van der Waals surface area contributed by atoms with Gasteiger partial charge in [-0.1, -0.05) is 97.3 Å². The number of fused-ring (bicyclic) bond motifs is 2. The van der Waals surface area contributed by atoms with Crippen LogP contribution in [0.5, 0.6) is 5.75 Å². The predicted molar refractivity (Wildman–Crippen MR) is 218 cm³/mol. The van der Waals surface area contributed by atoms with Crippen LogP contribution in [0.3, 0.4) is 0 Å². The number of benzene rings is 5. The second-order valence-corrected chi connectivity index (χ2v) is 15.7. The van der Waals surface area contributed by atoms with Crippen molar-refractivity contribution in [2.75, 3.05) is 24.7 Å². The molecular formula is C49H51NO4. The first-order chi connectivity index (χ1) is 26.6. The molecule has 2 aliphatic heterocycles. The maximum atomic E-state index is 6.26. The summed E-state index contributed by atoms with van der Waals surface area (Å²) in [5, 5.41) is 0. The zero-order valence-electron chi connectivity index (χ0n) is 31.3. The molecule has 4 fully saturated rings. The minimum absolute atomic E-state index is 0.411. The van der Waals surface area contributed by atoms with E-state index in [2.05, 4.69) is 145 Å². The zero-order valence-corrected chi connectivity index (χ0v) is 31.3. The van der Waals surface area contributed by atoms with E-state index in [0.717, 1.165) is 60.2 Å². The highest BCUT2D eigenvalue weighted by molar-refractivity contribution is 5.92. The van der Waals surface area contributed by atoms with Crippen LogP contribution in [0.25, 0.3) is 11.6 Å². The van der Waals surface area contributed by atoms with Gasteiger partial charge in [0.25, 0.3) is 0 Å². The Labute approximate surface area is 320 Å². The first kappa shape index (κ1) is 35.0. The van der Waals surface area contributed by atoms with E-state index in [9.17, 15) is 0 Å². The molecule has 6 unspecified atom stereocenters. The highest BCUT2D eigenvalue weighted by Gasteiger charge is 2.48. The first-order valence-corrected chi connectivity index (χ1v) is 20.1. The zero-order chi connectivity index (χ0) is 36.3. The average molecular weight is 718 g/mol. The van der Waals surface area contributed by atoms with Crippen molar-refractivity contribution < 1.29 is 18.9 Å². The van der Waals surface area contributed by atoms with Gasteiger partial charge in [0.05, 0.1) is 44.2 Å². The van der Waals surface area contributed by atoms with Gasteiger partial charge in [0, 0.05) is 28.9 Å². The molecule has 0 radical (unpaired) electrons. The molecule has 6 atom stereocenters. The molecule has 2 aliphatic carbocycles. The Kier molecular flexibility index (Phi) is 10.4. The molecule has 5 aromatic carbocycles. The van der Waals surface area contributed by atoms with Crippen LogP contribution in [0.4, 0.5) is 17.1 Å². The Morgan fingerprint density at radius 1 is 0.630 bits per heavy atom. The van der Waals surface area contributed by atoms with Crippen molar-refractivity contribution in [3.05, 3.63) is 155 Å². The molecular weight excluding hydrogens is 667 g/mol. The Morgan fingerprint density at radius 3 is 1.85 bits per heavy atom. The quantitative estimate of drug-likeness (QED) is 0.0650. The number of anilines is 3. The molecule has 5 nitrogen and oxygen atoms in total. The van der Waals surface area contributed by atoms with Crippen LogP contribution in [-0.2, 0) is 20.6 Å². The van der Waals surface area contributed by atoms with Crippen molar-refractivity contribution >= 4 is 28.7 Å². The number of hydrogen-bond donors (Lipinski definition) is 0. The minimum Gasteiger partial charge on any atom is -0.493 e. The summed E-state index contributed by atoms with van der Waals surface area (Å²) in [7, 11) is 0. The smallest absolute Gasteiger partial charge is 0.119 e. The van der Waals surface area contributed by atoms with E-state index in [1.807, 2.05) is 0 Å². The maximum Gasteiger partial charge on any atom is 0.119 e. The van der Waals surface area contributed by atoms with E-state index in [-0.39, 0.29) is 0 Å². The van der Waals surface area contributed by atoms with Gasteiger partial charge in [-0.25, -0.2) is 0 Å². The topological polar surface area (TPSA) is 46.8 Å². The predicted octanol–water partition coefficient (Wildman–Crippen LogP) is 11.1. The molecule has 0 N–H and O–H groups in total. The summed E-state index contributed by atoms with van der Waals surface area (Å²) >= 11 is 0. The fraction of sp³-hybridized carbons (Fsp3) is 0.347. The SMILES string of the molecule is Cc1ccc(N(c2ccc(C=C(c3ccccc3)c3ccc(OCC4CCCC5OC45)cc3)cc2)c2ccc(CCOCC3CCCC4OC34)cc2)cc1. The summed E-state index contributed by atoms with van der Waals surface area (Å²) in [6.07, 6.45) is 12.4. The molecule has 9 rings (SSSR count). The summed E-state index contributed by atoms with van der Waals surface area (Å²) in [5.74, 6) is 2.00. The number of rotatable bonds is 14. The standard InChI is InChI=1S/C49H51NO4/c1-34-13-21-41(22-14-34)50(42-23-15-35(16-24-42)29-30-51-32-39-9-5-11-46-48(39)53-46)43-25-17-36(18-26-43)31-45(37-7-3-2-4-8-37)38-19-27-44(28-20-38)52-33-40-10-6-12-47-49(40)54-47/h2-4,7-8,13-28,31,39-40,46-49H,5-6,9-12,29-30,32-33H2,1H3. The molecule has 5 heteroatoms. The normalized spacial score (nSPS) is 24.3. The van der Waals surface area contributed by atoms with Gasteiger partial charge in [0.1, 0.15) is 5.75 Å². The average Bonchev–Trinajstić information content (AvgIpc) is 4.16. The molecule has 0 spiro atoms. The van der Waals surface area contributed by atoms with Gasteiger partial charge in [-0.2, -0.15) is 0 Å². The summed E-state index contributed by atoms with van der Waals surface area (Å²) in [6.45, 7) is 4.42. The molecule has 0 amide bonds. The van der Waals surface area contributed by atoms with Crippen molar-refractivity contribution in [1.82, 2.24) is 0 Å². The van der Waals surface area contributed by atoms with Crippen LogP contribution in [0.2, 0.25) is 0 Å². The molecule has 4 aliphatic rings. The molecule has 5 aromatic rings. The largest absolute Gasteiger partial charge is 0.493 e. The summed E-state index contributed by atoms with van der Waals surface area (Å²) < 4.78 is 24.0. The number of hydrogen-bond acceptors (Lipinski definition) is 5. The van der Waals surface area contributed by atoms with Gasteiger partial charge >= 0.3 is 0 Å². The minimum atomic E-state index is 0.411. The van der Waals surface area contributed by atoms with Crippen LogP contribution in [-0.4, -0.2) is 44.2 Å². The van der Waals surface area contributed by atoms with E-state index in [4.69, 9.17) is 18.9 Å². The highest BCUT2D eigenvalue weighted by atomic mass is 16.6. The van der Waals surface area contributed by atoms with E-state index in [1.54, 1.807) is 0 Å². The number of ether oxygens (including phenoxy) is 4. The summed E-state index contributed by atoms with van der Waals surface area (Å²) in [6, 6.07) is 45.9. The van der Waals surface area contributed by atoms with Crippen LogP contribution in [0, 0.1) is 18.8 Å². The fourth-order valence-electron chi connectivity index (χ4n) is 8.60. The lowest BCUT2D eigenvalue weighted by Gasteiger charge is -2.26. The lowest BCUT2D eigenvalue weighted by molar-refractivity contribution is 0.0853. The lowest BCUT2D eigenvalue weighted by atomic mass is 9.90. The van der Waals surface area contributed by atoms with Crippen LogP contribution in [0.15, 0.2) is 127 Å². The Bertz CT molecular complexity index is 2010. The monoisotopic (exact) mass is 717 g/mol. The van der Waals surface area contributed by atoms with E-state index < -0.39 is 0 Å². The van der Waals surface area contributed by atoms with Crippen molar-refractivity contribution in [2.45, 2.75) is 76.3 Å². The molecule has 2 heterocycles. The number of epoxide rings is 2. The van der Waals surface area contributed by atoms with Gasteiger partial charge in [-0.15, -0.1) is 0 Å². The summed E-state index contributed by atoms with van der Waals surface area (Å²) in [4.78, 5) is 2.34. The highest BCUT2D eigenvalue weighted by Crippen LogP contribution is 2.42. The van der Waals surface area contributed by atoms with E-state index >= 15 is 0 Å². The third-order valence-electron chi connectivity index (χ3n) is 11.8. The molecule has 0 bridgehead atoms. The lowest BCUT2D eigenvalue weighted by Crippen LogP contribution is -2.22. The second-order valence-electron chi connectivity index (χ2n) is 15.7. The Balaban J connectivity index is 0.908. The van der Waals surface area contributed by atoms with Crippen molar-refractivity contribution in [3.63, 3.8) is 0 Å².